The smallest absolute Gasteiger partial charge is 0.307 e. The van der Waals surface area contributed by atoms with Crippen molar-refractivity contribution < 1.29 is 19.8 Å². The predicted octanol–water partition coefficient (Wildman–Crippen LogP) is 0.741. The van der Waals surface area contributed by atoms with Gasteiger partial charge in [0.1, 0.15) is 0 Å². The van der Waals surface area contributed by atoms with E-state index in [-0.39, 0.29) is 12.8 Å². The Labute approximate surface area is 80.8 Å². The minimum Gasteiger partial charge on any atom is -0.481 e. The van der Waals surface area contributed by atoms with Gasteiger partial charge in [0, 0.05) is 0 Å². The first kappa shape index (κ1) is 10.2. The highest BCUT2D eigenvalue weighted by Gasteiger charge is 2.04. The Balaban J connectivity index is 2.78. The van der Waals surface area contributed by atoms with Crippen LogP contribution in [0.3, 0.4) is 0 Å². The van der Waals surface area contributed by atoms with Crippen molar-refractivity contribution in [1.29, 1.82) is 0 Å². The van der Waals surface area contributed by atoms with Crippen molar-refractivity contribution in [2.75, 3.05) is 0 Å². The molecule has 0 spiro atoms. The maximum absolute atomic E-state index is 10.4. The largest absolute Gasteiger partial charge is 0.481 e. The number of rotatable bonds is 4. The van der Waals surface area contributed by atoms with Crippen LogP contribution < -0.4 is 0 Å². The molecule has 0 fully saturated rings. The Morgan fingerprint density at radius 2 is 1.50 bits per heavy atom. The molecule has 0 aliphatic carbocycles. The topological polar surface area (TPSA) is 74.6 Å². The second kappa shape index (κ2) is 4.41. The van der Waals surface area contributed by atoms with E-state index in [1.807, 2.05) is 0 Å². The lowest BCUT2D eigenvalue weighted by molar-refractivity contribution is -0.137. The Hall–Kier alpha value is -1.84. The standard InChI is InChI=1S/C10H9O4/c11-9(12)5-7-2-1-3-8(4-7)6-10(13)14/h1-3H,5-6H2,(H,11,12)(H,13,14). The van der Waals surface area contributed by atoms with Crippen molar-refractivity contribution in [3.63, 3.8) is 0 Å². The van der Waals surface area contributed by atoms with Crippen LogP contribution >= 0.6 is 0 Å². The van der Waals surface area contributed by atoms with Crippen LogP contribution in [0.1, 0.15) is 11.1 Å². The van der Waals surface area contributed by atoms with Gasteiger partial charge in [-0.05, 0) is 17.2 Å². The van der Waals surface area contributed by atoms with Gasteiger partial charge >= 0.3 is 11.9 Å². The van der Waals surface area contributed by atoms with E-state index in [9.17, 15) is 9.59 Å². The molecule has 1 aromatic rings. The summed E-state index contributed by atoms with van der Waals surface area (Å²) in [6.07, 6.45) is -0.263. The highest BCUT2D eigenvalue weighted by atomic mass is 16.4. The van der Waals surface area contributed by atoms with Gasteiger partial charge in [0.15, 0.2) is 0 Å². The van der Waals surface area contributed by atoms with Gasteiger partial charge in [0.2, 0.25) is 0 Å². The summed E-state index contributed by atoms with van der Waals surface area (Å²) in [6, 6.07) is 7.60. The van der Waals surface area contributed by atoms with E-state index < -0.39 is 11.9 Å². The molecule has 2 N–H and O–H groups in total. The number of aliphatic carboxylic acids is 2. The third-order valence-electron chi connectivity index (χ3n) is 1.60. The molecule has 4 heteroatoms. The molecule has 14 heavy (non-hydrogen) atoms. The summed E-state index contributed by atoms with van der Waals surface area (Å²) in [4.78, 5) is 20.7. The highest BCUT2D eigenvalue weighted by molar-refractivity contribution is 5.71. The number of carbonyl (C=O) groups is 2. The molecule has 1 aromatic carbocycles. The van der Waals surface area contributed by atoms with Crippen LogP contribution in [0.4, 0.5) is 0 Å². The second-order valence-corrected chi connectivity index (χ2v) is 2.84. The summed E-state index contributed by atoms with van der Waals surface area (Å²) in [6.45, 7) is 0. The summed E-state index contributed by atoms with van der Waals surface area (Å²) < 4.78 is 0. The molecule has 0 atom stereocenters. The van der Waals surface area contributed by atoms with Gasteiger partial charge in [-0.1, -0.05) is 18.2 Å². The van der Waals surface area contributed by atoms with E-state index in [4.69, 9.17) is 10.2 Å². The third kappa shape index (κ3) is 3.26. The fourth-order valence-electron chi connectivity index (χ4n) is 1.10. The van der Waals surface area contributed by atoms with Gasteiger partial charge < -0.3 is 10.2 Å². The molecular formula is C10H9O4. The highest BCUT2D eigenvalue weighted by Crippen LogP contribution is 2.05. The van der Waals surface area contributed by atoms with Crippen LogP contribution in [-0.2, 0) is 22.4 Å². The molecule has 0 bridgehead atoms. The van der Waals surface area contributed by atoms with Gasteiger partial charge in [-0.2, -0.15) is 0 Å². The molecule has 1 radical (unpaired) electrons. The van der Waals surface area contributed by atoms with Crippen molar-refractivity contribution in [2.45, 2.75) is 12.8 Å². The quantitative estimate of drug-likeness (QED) is 0.739. The average molecular weight is 193 g/mol. The van der Waals surface area contributed by atoms with E-state index >= 15 is 0 Å². The van der Waals surface area contributed by atoms with Gasteiger partial charge in [-0.25, -0.2) is 0 Å². The number of hydrogen-bond acceptors (Lipinski definition) is 2. The first-order valence-corrected chi connectivity index (χ1v) is 4.01. The maximum Gasteiger partial charge on any atom is 0.307 e. The molecule has 0 aliphatic rings. The molecule has 0 aliphatic heterocycles. The van der Waals surface area contributed by atoms with Crippen molar-refractivity contribution in [3.05, 3.63) is 35.4 Å². The third-order valence-corrected chi connectivity index (χ3v) is 1.60. The Kier molecular flexibility index (Phi) is 3.23. The average Bonchev–Trinajstić information content (AvgIpc) is 2.01. The summed E-state index contributed by atoms with van der Waals surface area (Å²) in [5, 5.41) is 17.0. The number of hydrogen-bond donors (Lipinski definition) is 2. The van der Waals surface area contributed by atoms with Crippen LogP contribution in [0, 0.1) is 6.07 Å². The van der Waals surface area contributed by atoms with E-state index in [2.05, 4.69) is 6.07 Å². The minimum atomic E-state index is -0.950. The number of carboxylic acid groups (broad SMARTS) is 2. The van der Waals surface area contributed by atoms with Crippen molar-refractivity contribution >= 4 is 11.9 Å². The van der Waals surface area contributed by atoms with E-state index in [0.717, 1.165) is 0 Å². The van der Waals surface area contributed by atoms with Crippen molar-refractivity contribution in [3.8, 4) is 0 Å². The van der Waals surface area contributed by atoms with Crippen LogP contribution in [-0.4, -0.2) is 22.2 Å². The normalized spacial score (nSPS) is 9.71. The lowest BCUT2D eigenvalue weighted by Gasteiger charge is -1.99. The number of carboxylic acids is 2. The van der Waals surface area contributed by atoms with Gasteiger partial charge in [0.05, 0.1) is 12.8 Å². The Morgan fingerprint density at radius 3 is 1.86 bits per heavy atom. The van der Waals surface area contributed by atoms with E-state index in [0.29, 0.717) is 11.1 Å². The van der Waals surface area contributed by atoms with Crippen molar-refractivity contribution in [1.82, 2.24) is 0 Å². The van der Waals surface area contributed by atoms with Crippen LogP contribution in [0.25, 0.3) is 0 Å². The summed E-state index contributed by atoms with van der Waals surface area (Å²) in [7, 11) is 0. The zero-order valence-electron chi connectivity index (χ0n) is 7.36. The molecule has 73 valence electrons. The monoisotopic (exact) mass is 193 g/mol. The molecule has 0 saturated heterocycles. The zero-order valence-corrected chi connectivity index (χ0v) is 7.36. The van der Waals surface area contributed by atoms with E-state index in [1.165, 1.54) is 0 Å². The molecule has 1 rings (SSSR count). The van der Waals surface area contributed by atoms with Gasteiger partial charge in [0.25, 0.3) is 0 Å². The van der Waals surface area contributed by atoms with E-state index in [1.54, 1.807) is 18.2 Å². The summed E-state index contributed by atoms with van der Waals surface area (Å²) >= 11 is 0. The molecule has 0 aromatic heterocycles. The lowest BCUT2D eigenvalue weighted by atomic mass is 10.1. The molecular weight excluding hydrogens is 184 g/mol. The minimum absolute atomic E-state index is 0.131. The first-order chi connectivity index (χ1) is 6.58. The Morgan fingerprint density at radius 1 is 1.07 bits per heavy atom. The van der Waals surface area contributed by atoms with Crippen molar-refractivity contribution in [2.24, 2.45) is 0 Å². The lowest BCUT2D eigenvalue weighted by Crippen LogP contribution is -2.03. The van der Waals surface area contributed by atoms with Gasteiger partial charge in [-0.15, -0.1) is 0 Å². The predicted molar refractivity (Wildman–Crippen MR) is 48.0 cm³/mol. The maximum atomic E-state index is 10.4. The fourth-order valence-corrected chi connectivity index (χ4v) is 1.10. The van der Waals surface area contributed by atoms with Crippen LogP contribution in [0.2, 0.25) is 0 Å². The molecule has 4 nitrogen and oxygen atoms in total. The fraction of sp³-hybridized carbons (Fsp3) is 0.200. The second-order valence-electron chi connectivity index (χ2n) is 2.84. The van der Waals surface area contributed by atoms with Gasteiger partial charge in [-0.3, -0.25) is 9.59 Å². The first-order valence-electron chi connectivity index (χ1n) is 4.01. The zero-order chi connectivity index (χ0) is 10.6. The number of benzene rings is 1. The SMILES string of the molecule is O=C(O)Cc1[c]c(CC(=O)O)ccc1. The van der Waals surface area contributed by atoms with Crippen LogP contribution in [0.15, 0.2) is 18.2 Å². The molecule has 0 heterocycles. The molecule has 0 unspecified atom stereocenters. The summed E-state index contributed by atoms with van der Waals surface area (Å²) in [5.41, 5.74) is 0.993. The molecule has 0 saturated carbocycles. The molecule has 0 amide bonds. The summed E-state index contributed by atoms with van der Waals surface area (Å²) in [5.74, 6) is -1.90. The Bertz CT molecular complexity index is 326. The van der Waals surface area contributed by atoms with Crippen LogP contribution in [0.5, 0.6) is 0 Å².